The second-order valence-corrected chi connectivity index (χ2v) is 30.9. The highest BCUT2D eigenvalue weighted by Gasteiger charge is 2.51. The average molecular weight is 1490 g/mol. The van der Waals surface area contributed by atoms with E-state index < -0.39 is 21.7 Å². The molecule has 0 saturated heterocycles. The number of ether oxygens (including phenoxy) is 3. The van der Waals surface area contributed by atoms with Gasteiger partial charge in [0.25, 0.3) is 0 Å². The van der Waals surface area contributed by atoms with Crippen LogP contribution < -0.4 is 14.2 Å². The molecule has 3 aliphatic rings. The molecule has 6 heteroatoms. The van der Waals surface area contributed by atoms with Gasteiger partial charge in [-0.05, 0) is 285 Å². The third-order valence-corrected chi connectivity index (χ3v) is 25.2. The molecule has 116 heavy (non-hydrogen) atoms. The van der Waals surface area contributed by atoms with Crippen LogP contribution in [0.5, 0.6) is 17.2 Å². The van der Waals surface area contributed by atoms with E-state index in [2.05, 4.69) is 370 Å². The van der Waals surface area contributed by atoms with E-state index in [0.717, 1.165) is 150 Å². The van der Waals surface area contributed by atoms with Crippen molar-refractivity contribution in [3.05, 3.63) is 430 Å². The smallest absolute Gasteiger partial charge is 0.149 e. The molecule has 3 aromatic heterocycles. The molecular weight excluding hydrogens is 1410 g/mol. The molecule has 0 fully saturated rings. The lowest BCUT2D eigenvalue weighted by atomic mass is 9.64. The van der Waals surface area contributed by atoms with Gasteiger partial charge in [0, 0.05) is 40.7 Å². The van der Waals surface area contributed by atoms with Crippen LogP contribution in [-0.4, -0.2) is 34.8 Å². The monoisotopic (exact) mass is 1490 g/mol. The summed E-state index contributed by atoms with van der Waals surface area (Å²) in [6.45, 7) is 8.92. The molecule has 0 aliphatic heterocycles. The van der Waals surface area contributed by atoms with Crippen LogP contribution in [0.3, 0.4) is 0 Å². The Morgan fingerprint density at radius 3 is 0.784 bits per heavy atom. The van der Waals surface area contributed by atoms with Crippen molar-refractivity contribution in [3.8, 4) is 86.5 Å². The van der Waals surface area contributed by atoms with Gasteiger partial charge in [-0.2, -0.15) is 0 Å². The minimum Gasteiger partial charge on any atom is -0.481 e. The first-order chi connectivity index (χ1) is 57.2. The van der Waals surface area contributed by atoms with Crippen LogP contribution in [0, 0.1) is 35.5 Å². The Hall–Kier alpha value is -14.6. The summed E-state index contributed by atoms with van der Waals surface area (Å²) >= 11 is 0. The van der Waals surface area contributed by atoms with Crippen molar-refractivity contribution in [2.45, 2.75) is 49.4 Å². The lowest BCUT2D eigenvalue weighted by Gasteiger charge is -2.37. The lowest BCUT2D eigenvalue weighted by molar-refractivity contribution is 0.370. The number of hydrogen-bond donors (Lipinski definition) is 0. The van der Waals surface area contributed by atoms with Crippen molar-refractivity contribution in [3.63, 3.8) is 0 Å². The maximum Gasteiger partial charge on any atom is 0.149 e. The van der Waals surface area contributed by atoms with Crippen LogP contribution in [0.1, 0.15) is 111 Å². The number of fused-ring (bicyclic) bond motifs is 15. The first kappa shape index (κ1) is 69.3. The van der Waals surface area contributed by atoms with Gasteiger partial charge < -0.3 is 14.2 Å². The molecular formula is C110H75N3O3. The van der Waals surface area contributed by atoms with E-state index in [1.54, 1.807) is 0 Å². The largest absolute Gasteiger partial charge is 0.481 e. The zero-order valence-corrected chi connectivity index (χ0v) is 64.6. The molecule has 0 radical (unpaired) electrons. The fraction of sp³-hybridized carbons (Fsp3) is 0.100. The molecule has 6 nitrogen and oxygen atoms in total. The summed E-state index contributed by atoms with van der Waals surface area (Å²) in [7, 11) is 0. The average Bonchev–Trinajstić information content (AvgIpc) is 1.53. The topological polar surface area (TPSA) is 66.4 Å². The highest BCUT2D eigenvalue weighted by atomic mass is 16.5. The molecule has 18 aromatic rings. The molecule has 0 spiro atoms. The van der Waals surface area contributed by atoms with Gasteiger partial charge in [-0.1, -0.05) is 236 Å². The number of nitrogens with zero attached hydrogens (tertiary/aromatic N) is 3. The maximum absolute atomic E-state index is 6.15. The fourth-order valence-corrected chi connectivity index (χ4v) is 19.7. The molecule has 0 saturated carbocycles. The molecule has 0 amide bonds. The van der Waals surface area contributed by atoms with Crippen LogP contribution in [-0.2, 0) is 21.7 Å². The van der Waals surface area contributed by atoms with Crippen molar-refractivity contribution in [1.82, 2.24) is 15.0 Å². The summed E-state index contributed by atoms with van der Waals surface area (Å²) in [6.07, 6.45) is 5.82. The summed E-state index contributed by atoms with van der Waals surface area (Å²) in [5.74, 6) is 20.5. The van der Waals surface area contributed by atoms with E-state index in [1.807, 2.05) is 39.4 Å². The number of hydrogen-bond acceptors (Lipinski definition) is 6. The first-order valence-electron chi connectivity index (χ1n) is 39.7. The normalized spacial score (nSPS) is 16.3. The number of benzene rings is 15. The van der Waals surface area contributed by atoms with Crippen molar-refractivity contribution in [2.75, 3.05) is 19.8 Å². The zero-order valence-electron chi connectivity index (χ0n) is 64.6. The van der Waals surface area contributed by atoms with Gasteiger partial charge in [0.05, 0.1) is 33.3 Å². The van der Waals surface area contributed by atoms with Crippen molar-refractivity contribution in [2.24, 2.45) is 0 Å². The van der Waals surface area contributed by atoms with E-state index in [1.165, 1.54) is 49.0 Å². The molecule has 3 unspecified atom stereocenters. The standard InChI is InChI=1S/C110H75N3O3/c1-5-8-56-114-92-50-32-77-59-89(35-29-80(77)62-92)108(98-26-17-53-111-104(98)95-65-71-20-11-14-23-74(71)68-101(95)108)86-44-38-83(39-45-86)107(4,84-40-46-87(47-41-84)109(90-36-30-81-63-93(115-57-9-6-2)51-33-78(81)60-90)99-27-18-54-112-105(99)96-66-72-21-12-15-24-75(72)69-102(96)109)85-42-48-88(49-43-85)110(91-37-31-82-64-94(116-58-10-7-3)52-34-79(82)61-91)100-28-19-55-113-106(100)97-67-73-22-13-16-25-76(73)70-103(97)110/h11-55,59-70H,56-58H2,1-4H3. The number of pyridine rings is 3. The van der Waals surface area contributed by atoms with E-state index in [-0.39, 0.29) is 0 Å². The molecule has 3 heterocycles. The third kappa shape index (κ3) is 10.7. The van der Waals surface area contributed by atoms with E-state index in [0.29, 0.717) is 19.8 Å². The van der Waals surface area contributed by atoms with Crippen LogP contribution >= 0.6 is 0 Å². The molecule has 0 N–H and O–H groups in total. The Balaban J connectivity index is 0.782. The Bertz CT molecular complexity index is 6620. The van der Waals surface area contributed by atoms with E-state index in [9.17, 15) is 0 Å². The first-order valence-corrected chi connectivity index (χ1v) is 39.7. The zero-order chi connectivity index (χ0) is 77.7. The van der Waals surface area contributed by atoms with Gasteiger partial charge in [0.1, 0.15) is 37.1 Å². The molecule has 3 aliphatic carbocycles. The fourth-order valence-electron chi connectivity index (χ4n) is 19.7. The van der Waals surface area contributed by atoms with Crippen molar-refractivity contribution in [1.29, 1.82) is 0 Å². The molecule has 0 bridgehead atoms. The lowest BCUT2D eigenvalue weighted by Crippen LogP contribution is -2.31. The van der Waals surface area contributed by atoms with Crippen molar-refractivity contribution >= 4 is 64.6 Å². The van der Waals surface area contributed by atoms with Gasteiger partial charge in [-0.25, -0.2) is 0 Å². The quantitative estimate of drug-likeness (QED) is 0.0753. The van der Waals surface area contributed by atoms with Crippen LogP contribution in [0.25, 0.3) is 98.4 Å². The van der Waals surface area contributed by atoms with Gasteiger partial charge in [-0.15, -0.1) is 17.8 Å². The van der Waals surface area contributed by atoms with Gasteiger partial charge in [0.2, 0.25) is 0 Å². The highest BCUT2D eigenvalue weighted by molar-refractivity contribution is 6.00. The SMILES string of the molecule is CC#CCOc1ccc2cc(C3(c4ccc(C(C)(c5ccc(C6(c7ccc8cc(OCC#CC)ccc8c7)c7cc8ccccc8cc7-c7ncccc76)cc5)c5ccc(C6(c7ccc8cc(OCC#CC)ccc8c7)c7cc8ccccc8cc7-c7ncccc76)cc5)cc4)c4cc5ccccc5cc4-c4ncccc43)ccc2c1. The second-order valence-electron chi connectivity index (χ2n) is 30.9. The summed E-state index contributed by atoms with van der Waals surface area (Å²) in [4.78, 5) is 15.9. The Labute approximate surface area is 674 Å². The predicted molar refractivity (Wildman–Crippen MR) is 472 cm³/mol. The molecule has 15 aromatic carbocycles. The molecule has 548 valence electrons. The Morgan fingerprint density at radius 1 is 0.250 bits per heavy atom. The molecule has 3 atom stereocenters. The summed E-state index contributed by atoms with van der Waals surface area (Å²) in [6, 6.07) is 123. The van der Waals surface area contributed by atoms with Crippen LogP contribution in [0.15, 0.2) is 346 Å². The number of aromatic nitrogens is 3. The van der Waals surface area contributed by atoms with Crippen molar-refractivity contribution < 1.29 is 14.2 Å². The number of rotatable bonds is 15. The summed E-state index contributed by atoms with van der Waals surface area (Å²) in [5.41, 5.74) is 20.3. The van der Waals surface area contributed by atoms with E-state index in [4.69, 9.17) is 29.2 Å². The van der Waals surface area contributed by atoms with Gasteiger partial charge in [0.15, 0.2) is 0 Å². The van der Waals surface area contributed by atoms with E-state index >= 15 is 0 Å². The minimum atomic E-state index is -0.794. The second kappa shape index (κ2) is 27.6. The summed E-state index contributed by atoms with van der Waals surface area (Å²) in [5, 5.41) is 13.6. The minimum absolute atomic E-state index is 0.325. The predicted octanol–water partition coefficient (Wildman–Crippen LogP) is 24.4. The summed E-state index contributed by atoms with van der Waals surface area (Å²) < 4.78 is 18.4. The maximum atomic E-state index is 6.15. The van der Waals surface area contributed by atoms with Gasteiger partial charge in [-0.3, -0.25) is 15.0 Å². The van der Waals surface area contributed by atoms with Crippen LogP contribution in [0.4, 0.5) is 0 Å². The molecule has 21 rings (SSSR count). The third-order valence-electron chi connectivity index (χ3n) is 25.2. The van der Waals surface area contributed by atoms with Gasteiger partial charge >= 0.3 is 0 Å². The van der Waals surface area contributed by atoms with Crippen LogP contribution in [0.2, 0.25) is 0 Å². The Kier molecular flexibility index (Phi) is 16.5. The Morgan fingerprint density at radius 2 is 0.500 bits per heavy atom. The highest BCUT2D eigenvalue weighted by Crippen LogP contribution is 2.61.